The van der Waals surface area contributed by atoms with Crippen molar-refractivity contribution in [3.05, 3.63) is 23.8 Å². The van der Waals surface area contributed by atoms with E-state index in [1.54, 1.807) is 25.2 Å². The first-order chi connectivity index (χ1) is 9.22. The Labute approximate surface area is 108 Å². The molecule has 1 aliphatic rings. The Hall–Kier alpha value is -2.64. The Morgan fingerprint density at radius 1 is 1.32 bits per heavy atom. The van der Waals surface area contributed by atoms with Crippen LogP contribution >= 0.6 is 0 Å². The fraction of sp³-hybridized carbons (Fsp3) is 0.273. The first kappa shape index (κ1) is 11.5. The average Bonchev–Trinajstić information content (AvgIpc) is 2.83. The van der Waals surface area contributed by atoms with E-state index in [1.807, 2.05) is 0 Å². The lowest BCUT2D eigenvalue weighted by Crippen LogP contribution is -2.17. The van der Waals surface area contributed by atoms with Crippen LogP contribution in [0.4, 0.5) is 5.95 Å². The molecule has 98 valence electrons. The largest absolute Gasteiger partial charge is 0.486 e. The van der Waals surface area contributed by atoms with Crippen LogP contribution in [-0.2, 0) is 7.05 Å². The van der Waals surface area contributed by atoms with Gasteiger partial charge in [0.2, 0.25) is 0 Å². The van der Waals surface area contributed by atoms with Crippen molar-refractivity contribution in [3.63, 3.8) is 0 Å². The number of hydrogen-bond acceptors (Lipinski definition) is 6. The second-order valence-electron chi connectivity index (χ2n) is 3.92. The molecule has 8 heteroatoms. The summed E-state index contributed by atoms with van der Waals surface area (Å²) >= 11 is 0. The van der Waals surface area contributed by atoms with Crippen molar-refractivity contribution in [2.24, 2.45) is 7.05 Å². The minimum absolute atomic E-state index is 0.155. The van der Waals surface area contributed by atoms with Gasteiger partial charge in [-0.3, -0.25) is 10.1 Å². The minimum Gasteiger partial charge on any atom is -0.486 e. The van der Waals surface area contributed by atoms with Crippen LogP contribution in [0.15, 0.2) is 18.2 Å². The van der Waals surface area contributed by atoms with Gasteiger partial charge in [0.15, 0.2) is 11.5 Å². The molecule has 1 aliphatic heterocycles. The maximum Gasteiger partial charge on any atom is 0.270 e. The Morgan fingerprint density at radius 2 is 2.11 bits per heavy atom. The molecule has 0 fully saturated rings. The molecular formula is C11H11N5O3. The van der Waals surface area contributed by atoms with Crippen molar-refractivity contribution in [2.75, 3.05) is 18.5 Å². The first-order valence-electron chi connectivity index (χ1n) is 5.67. The zero-order valence-corrected chi connectivity index (χ0v) is 10.2. The number of tetrazole rings is 1. The number of anilines is 1. The molecule has 8 nitrogen and oxygen atoms in total. The molecule has 1 aromatic carbocycles. The summed E-state index contributed by atoms with van der Waals surface area (Å²) in [6.45, 7) is 0.992. The number of nitrogens with zero attached hydrogens (tertiary/aromatic N) is 4. The quantitative estimate of drug-likeness (QED) is 0.832. The zero-order chi connectivity index (χ0) is 13.2. The van der Waals surface area contributed by atoms with Crippen LogP contribution in [0.2, 0.25) is 0 Å². The maximum atomic E-state index is 12.0. The third-order valence-electron chi connectivity index (χ3n) is 2.54. The molecule has 3 rings (SSSR count). The van der Waals surface area contributed by atoms with Gasteiger partial charge in [0, 0.05) is 5.56 Å². The summed E-state index contributed by atoms with van der Waals surface area (Å²) in [5.41, 5.74) is 0.441. The molecule has 0 saturated carbocycles. The topological polar surface area (TPSA) is 91.2 Å². The van der Waals surface area contributed by atoms with Crippen LogP contribution in [0.3, 0.4) is 0 Å². The van der Waals surface area contributed by atoms with Crippen molar-refractivity contribution in [1.29, 1.82) is 0 Å². The Balaban J connectivity index is 1.80. The number of aromatic nitrogens is 4. The SMILES string of the molecule is Cn1nnc(NC(=O)c2ccc3c(c2)OCCO3)n1. The first-order valence-corrected chi connectivity index (χ1v) is 5.67. The predicted octanol–water partition coefficient (Wildman–Crippen LogP) is 0.234. The highest BCUT2D eigenvalue weighted by molar-refractivity contribution is 6.03. The van der Waals surface area contributed by atoms with Crippen LogP contribution in [-0.4, -0.2) is 39.3 Å². The Bertz CT molecular complexity index is 625. The van der Waals surface area contributed by atoms with Gasteiger partial charge < -0.3 is 9.47 Å². The molecule has 2 heterocycles. The highest BCUT2D eigenvalue weighted by atomic mass is 16.6. The van der Waals surface area contributed by atoms with E-state index in [0.717, 1.165) is 0 Å². The van der Waals surface area contributed by atoms with E-state index >= 15 is 0 Å². The second kappa shape index (κ2) is 4.56. The summed E-state index contributed by atoms with van der Waals surface area (Å²) in [7, 11) is 1.62. The van der Waals surface area contributed by atoms with E-state index in [4.69, 9.17) is 9.47 Å². The predicted molar refractivity (Wildman–Crippen MR) is 64.2 cm³/mol. The molecule has 0 spiro atoms. The maximum absolute atomic E-state index is 12.0. The molecule has 0 aliphatic carbocycles. The minimum atomic E-state index is -0.329. The fourth-order valence-corrected chi connectivity index (χ4v) is 1.69. The molecule has 0 radical (unpaired) electrons. The van der Waals surface area contributed by atoms with Crippen LogP contribution in [0.25, 0.3) is 0 Å². The highest BCUT2D eigenvalue weighted by Gasteiger charge is 2.16. The summed E-state index contributed by atoms with van der Waals surface area (Å²) in [5, 5.41) is 13.7. The van der Waals surface area contributed by atoms with E-state index in [2.05, 4.69) is 20.7 Å². The van der Waals surface area contributed by atoms with Gasteiger partial charge >= 0.3 is 0 Å². The van der Waals surface area contributed by atoms with Gasteiger partial charge in [-0.25, -0.2) is 0 Å². The lowest BCUT2D eigenvalue weighted by molar-refractivity contribution is 0.102. The van der Waals surface area contributed by atoms with Gasteiger partial charge in [-0.2, -0.15) is 4.80 Å². The summed E-state index contributed by atoms with van der Waals surface area (Å²) < 4.78 is 10.8. The van der Waals surface area contributed by atoms with Crippen LogP contribution in [0, 0.1) is 0 Å². The summed E-state index contributed by atoms with van der Waals surface area (Å²) in [6.07, 6.45) is 0. The van der Waals surface area contributed by atoms with Crippen LogP contribution in [0.5, 0.6) is 11.5 Å². The van der Waals surface area contributed by atoms with Gasteiger partial charge in [0.25, 0.3) is 11.9 Å². The number of rotatable bonds is 2. The number of hydrogen-bond donors (Lipinski definition) is 1. The van der Waals surface area contributed by atoms with Crippen molar-refractivity contribution in [1.82, 2.24) is 20.2 Å². The van der Waals surface area contributed by atoms with Crippen molar-refractivity contribution < 1.29 is 14.3 Å². The summed E-state index contributed by atoms with van der Waals surface area (Å²) in [5.74, 6) is 1.03. The molecule has 1 aromatic heterocycles. The molecule has 0 bridgehead atoms. The van der Waals surface area contributed by atoms with Crippen LogP contribution in [0.1, 0.15) is 10.4 Å². The van der Waals surface area contributed by atoms with Crippen molar-refractivity contribution in [3.8, 4) is 11.5 Å². The van der Waals surface area contributed by atoms with Crippen molar-refractivity contribution >= 4 is 11.9 Å². The van der Waals surface area contributed by atoms with Gasteiger partial charge in [0.05, 0.1) is 7.05 Å². The molecular weight excluding hydrogens is 250 g/mol. The molecule has 0 atom stereocenters. The van der Waals surface area contributed by atoms with Gasteiger partial charge in [0.1, 0.15) is 13.2 Å². The third kappa shape index (κ3) is 2.32. The van der Waals surface area contributed by atoms with Crippen LogP contribution < -0.4 is 14.8 Å². The van der Waals surface area contributed by atoms with Gasteiger partial charge in [-0.05, 0) is 23.4 Å². The highest BCUT2D eigenvalue weighted by Crippen LogP contribution is 2.30. The molecule has 2 aromatic rings. The summed E-state index contributed by atoms with van der Waals surface area (Å²) in [6, 6.07) is 4.98. The molecule has 0 saturated heterocycles. The Morgan fingerprint density at radius 3 is 2.84 bits per heavy atom. The average molecular weight is 261 g/mol. The van der Waals surface area contributed by atoms with E-state index in [9.17, 15) is 4.79 Å². The van der Waals surface area contributed by atoms with E-state index < -0.39 is 0 Å². The van der Waals surface area contributed by atoms with E-state index in [0.29, 0.717) is 30.3 Å². The van der Waals surface area contributed by atoms with Gasteiger partial charge in [-0.15, -0.1) is 5.10 Å². The van der Waals surface area contributed by atoms with Crippen molar-refractivity contribution in [2.45, 2.75) is 0 Å². The molecule has 1 N–H and O–H groups in total. The second-order valence-corrected chi connectivity index (χ2v) is 3.92. The number of benzene rings is 1. The third-order valence-corrected chi connectivity index (χ3v) is 2.54. The normalized spacial score (nSPS) is 13.1. The fourth-order valence-electron chi connectivity index (χ4n) is 1.69. The molecule has 1 amide bonds. The lowest BCUT2D eigenvalue weighted by atomic mass is 10.2. The smallest absolute Gasteiger partial charge is 0.270 e. The number of carbonyl (C=O) groups excluding carboxylic acids is 1. The van der Waals surface area contributed by atoms with Gasteiger partial charge in [-0.1, -0.05) is 5.10 Å². The molecule has 19 heavy (non-hydrogen) atoms. The number of aryl methyl sites for hydroxylation is 1. The lowest BCUT2D eigenvalue weighted by Gasteiger charge is -2.18. The zero-order valence-electron chi connectivity index (χ0n) is 10.2. The van der Waals surface area contributed by atoms with E-state index in [-0.39, 0.29) is 11.9 Å². The number of amides is 1. The number of fused-ring (bicyclic) bond motifs is 1. The summed E-state index contributed by atoms with van der Waals surface area (Å²) in [4.78, 5) is 13.2. The number of carbonyl (C=O) groups is 1. The van der Waals surface area contributed by atoms with E-state index in [1.165, 1.54) is 4.80 Å². The standard InChI is InChI=1S/C11H11N5O3/c1-16-14-11(13-15-16)12-10(17)7-2-3-8-9(6-7)19-5-4-18-8/h2-3,6H,4-5H2,1H3,(H,12,14,17). The number of ether oxygens (including phenoxy) is 2. The molecule has 0 unspecified atom stereocenters. The Kier molecular flexibility index (Phi) is 2.75. The monoisotopic (exact) mass is 261 g/mol. The number of nitrogens with one attached hydrogen (secondary N) is 1.